The average molecular weight is 490 g/mol. The first-order valence-corrected chi connectivity index (χ1v) is 13.8. The van der Waals surface area contributed by atoms with Crippen molar-refractivity contribution in [3.8, 4) is 5.88 Å². The van der Waals surface area contributed by atoms with Crippen LogP contribution in [0.3, 0.4) is 0 Å². The lowest BCUT2D eigenvalue weighted by molar-refractivity contribution is -0.118. The van der Waals surface area contributed by atoms with Gasteiger partial charge in [0.05, 0.1) is 26.4 Å². The van der Waals surface area contributed by atoms with E-state index in [1.54, 1.807) is 24.3 Å². The Morgan fingerprint density at radius 2 is 1.79 bits per heavy atom. The Labute approximate surface area is 195 Å². The number of nitrogens with one attached hydrogen (secondary N) is 2. The van der Waals surface area contributed by atoms with Crippen LogP contribution < -0.4 is 15.8 Å². The second-order valence-corrected chi connectivity index (χ2v) is 13.7. The summed E-state index contributed by atoms with van der Waals surface area (Å²) in [6.07, 6.45) is 0. The molecule has 180 valence electrons. The summed E-state index contributed by atoms with van der Waals surface area (Å²) in [5.74, 6) is -3.88. The summed E-state index contributed by atoms with van der Waals surface area (Å²) < 4.78 is 39.2. The molecule has 0 saturated heterocycles. The van der Waals surface area contributed by atoms with Gasteiger partial charge in [-0.15, -0.1) is 0 Å². The summed E-state index contributed by atoms with van der Waals surface area (Å²) in [6, 6.07) is 8.33. The van der Waals surface area contributed by atoms with E-state index >= 15 is 0 Å². The molecule has 3 rings (SSSR count). The highest BCUT2D eigenvalue weighted by Gasteiger charge is 2.28. The van der Waals surface area contributed by atoms with E-state index in [2.05, 4.69) is 15.8 Å². The molecule has 1 unspecified atom stereocenters. The molecular weight excluding hydrogens is 464 g/mol. The first-order valence-electron chi connectivity index (χ1n) is 10.3. The fourth-order valence-electron chi connectivity index (χ4n) is 3.27. The van der Waals surface area contributed by atoms with Crippen LogP contribution in [0.2, 0.25) is 19.6 Å². The van der Waals surface area contributed by atoms with Crippen LogP contribution >= 0.6 is 0 Å². The van der Waals surface area contributed by atoms with Gasteiger partial charge in [-0.05, 0) is 27.5 Å². The van der Waals surface area contributed by atoms with Gasteiger partial charge in [-0.2, -0.15) is 0 Å². The van der Waals surface area contributed by atoms with Crippen molar-refractivity contribution >= 4 is 30.8 Å². The fraction of sp³-hybridized carbons (Fsp3) is 0.261. The number of rotatable bonds is 8. The van der Waals surface area contributed by atoms with Gasteiger partial charge in [-0.3, -0.25) is 9.59 Å². The second kappa shape index (κ2) is 10.1. The summed E-state index contributed by atoms with van der Waals surface area (Å²) in [4.78, 5) is 25.7. The third-order valence-electron chi connectivity index (χ3n) is 5.01. The van der Waals surface area contributed by atoms with Crippen molar-refractivity contribution in [2.45, 2.75) is 32.3 Å². The van der Waals surface area contributed by atoms with Gasteiger partial charge in [0.1, 0.15) is 17.7 Å². The van der Waals surface area contributed by atoms with Gasteiger partial charge in [-0.1, -0.05) is 43.9 Å². The van der Waals surface area contributed by atoms with Crippen molar-refractivity contribution in [2.24, 2.45) is 0 Å². The SMILES string of the molecule is COCc1ccc(C(NC(=O)c2cc(O)no2)C(=O)Nc2cc(F)c([Si](C)(C)C)cc2F)cc1. The molecule has 3 aromatic rings. The third-order valence-corrected chi connectivity index (χ3v) is 7.00. The van der Waals surface area contributed by atoms with Gasteiger partial charge < -0.3 is 25.0 Å². The lowest BCUT2D eigenvalue weighted by Crippen LogP contribution is -2.41. The predicted molar refractivity (Wildman–Crippen MR) is 123 cm³/mol. The molecule has 34 heavy (non-hydrogen) atoms. The molecule has 8 nitrogen and oxygen atoms in total. The molecule has 1 atom stereocenters. The quantitative estimate of drug-likeness (QED) is 0.418. The minimum Gasteiger partial charge on any atom is -0.491 e. The van der Waals surface area contributed by atoms with Gasteiger partial charge in [-0.25, -0.2) is 8.78 Å². The van der Waals surface area contributed by atoms with Crippen LogP contribution in [0.5, 0.6) is 5.88 Å². The maximum atomic E-state index is 14.7. The molecule has 2 aromatic carbocycles. The molecule has 0 spiro atoms. The van der Waals surface area contributed by atoms with Crippen LogP contribution in [-0.4, -0.2) is 37.3 Å². The Kier molecular flexibility index (Phi) is 7.47. The summed E-state index contributed by atoms with van der Waals surface area (Å²) in [5.41, 5.74) is 0.845. The summed E-state index contributed by atoms with van der Waals surface area (Å²) in [7, 11) is -0.608. The molecule has 0 aliphatic carbocycles. The van der Waals surface area contributed by atoms with E-state index in [4.69, 9.17) is 9.26 Å². The molecule has 11 heteroatoms. The Morgan fingerprint density at radius 1 is 1.12 bits per heavy atom. The number of carbonyl (C=O) groups excluding carboxylic acids is 2. The van der Waals surface area contributed by atoms with E-state index in [-0.39, 0.29) is 11.4 Å². The van der Waals surface area contributed by atoms with Crippen molar-refractivity contribution < 1.29 is 32.7 Å². The van der Waals surface area contributed by atoms with Crippen molar-refractivity contribution in [1.82, 2.24) is 10.5 Å². The number of aromatic hydroxyl groups is 1. The van der Waals surface area contributed by atoms with Crippen molar-refractivity contribution in [1.29, 1.82) is 0 Å². The zero-order valence-electron chi connectivity index (χ0n) is 19.1. The van der Waals surface area contributed by atoms with Crippen LogP contribution in [0.4, 0.5) is 14.5 Å². The van der Waals surface area contributed by atoms with Crippen molar-refractivity contribution in [2.75, 3.05) is 12.4 Å². The van der Waals surface area contributed by atoms with Gasteiger partial charge in [0.2, 0.25) is 5.76 Å². The molecule has 0 aliphatic rings. The van der Waals surface area contributed by atoms with Crippen LogP contribution in [-0.2, 0) is 16.1 Å². The van der Waals surface area contributed by atoms with Crippen LogP contribution in [0.15, 0.2) is 47.0 Å². The maximum Gasteiger partial charge on any atom is 0.290 e. The maximum absolute atomic E-state index is 14.7. The van der Waals surface area contributed by atoms with E-state index in [1.165, 1.54) is 7.11 Å². The zero-order valence-corrected chi connectivity index (χ0v) is 20.1. The molecule has 0 saturated carbocycles. The number of carbonyl (C=O) groups is 2. The molecule has 0 aliphatic heterocycles. The third kappa shape index (κ3) is 5.86. The molecule has 0 radical (unpaired) electrons. The number of amides is 2. The number of nitrogens with zero attached hydrogens (tertiary/aromatic N) is 1. The molecule has 2 amide bonds. The van der Waals surface area contributed by atoms with E-state index in [0.717, 1.165) is 23.8 Å². The van der Waals surface area contributed by atoms with Gasteiger partial charge in [0, 0.05) is 13.2 Å². The normalized spacial score (nSPS) is 12.3. The minimum atomic E-state index is -2.15. The van der Waals surface area contributed by atoms with E-state index in [1.807, 2.05) is 19.6 Å². The number of ether oxygens (including phenoxy) is 1. The number of hydrogen-bond acceptors (Lipinski definition) is 6. The van der Waals surface area contributed by atoms with E-state index in [0.29, 0.717) is 17.4 Å². The largest absolute Gasteiger partial charge is 0.491 e. The predicted octanol–water partition coefficient (Wildman–Crippen LogP) is 3.46. The van der Waals surface area contributed by atoms with Gasteiger partial charge in [0.15, 0.2) is 0 Å². The molecule has 3 N–H and O–H groups in total. The highest BCUT2D eigenvalue weighted by molar-refractivity contribution is 6.88. The highest BCUT2D eigenvalue weighted by atomic mass is 28.3. The molecule has 1 heterocycles. The Bertz CT molecular complexity index is 1190. The molecule has 0 bridgehead atoms. The number of hydrogen-bond donors (Lipinski definition) is 3. The first kappa shape index (κ1) is 25.1. The van der Waals surface area contributed by atoms with E-state index < -0.39 is 43.4 Å². The summed E-state index contributed by atoms with van der Waals surface area (Å²) >= 11 is 0. The Morgan fingerprint density at radius 3 is 2.35 bits per heavy atom. The molecule has 0 fully saturated rings. The number of benzene rings is 2. The second-order valence-electron chi connectivity index (χ2n) is 8.68. The Balaban J connectivity index is 1.91. The fourth-order valence-corrected chi connectivity index (χ4v) is 4.62. The summed E-state index contributed by atoms with van der Waals surface area (Å²) in [5, 5.41) is 17.7. The molecular formula is C23H25F2N3O5Si. The summed E-state index contributed by atoms with van der Waals surface area (Å²) in [6.45, 7) is 5.98. The van der Waals surface area contributed by atoms with Crippen LogP contribution in [0.25, 0.3) is 0 Å². The number of methoxy groups -OCH3 is 1. The number of halogens is 2. The highest BCUT2D eigenvalue weighted by Crippen LogP contribution is 2.22. The monoisotopic (exact) mass is 489 g/mol. The first-order chi connectivity index (χ1) is 16.0. The van der Waals surface area contributed by atoms with Crippen molar-refractivity contribution in [3.05, 3.63) is 71.0 Å². The minimum absolute atomic E-state index is 0.298. The molecule has 1 aromatic heterocycles. The topological polar surface area (TPSA) is 114 Å². The number of aromatic nitrogens is 1. The van der Waals surface area contributed by atoms with Crippen LogP contribution in [0.1, 0.15) is 27.7 Å². The lowest BCUT2D eigenvalue weighted by atomic mass is 10.0. The lowest BCUT2D eigenvalue weighted by Gasteiger charge is -2.21. The average Bonchev–Trinajstić information content (AvgIpc) is 3.20. The number of anilines is 1. The van der Waals surface area contributed by atoms with E-state index in [9.17, 15) is 23.5 Å². The Hall–Kier alpha value is -3.57. The van der Waals surface area contributed by atoms with Gasteiger partial charge in [0.25, 0.3) is 17.7 Å². The smallest absolute Gasteiger partial charge is 0.290 e. The van der Waals surface area contributed by atoms with Gasteiger partial charge >= 0.3 is 0 Å². The standard InChI is InChI=1S/C23H25F2N3O5Si/c1-32-12-13-5-7-14(8-6-13)21(27-22(30)18-11-20(29)28-33-18)23(31)26-17-9-16(25)19(10-15(17)24)34(2,3)4/h5-11,21H,12H2,1-4H3,(H,26,31)(H,27,30)(H,28,29). The zero-order chi connectivity index (χ0) is 25.0. The van der Waals surface area contributed by atoms with Crippen molar-refractivity contribution in [3.63, 3.8) is 0 Å². The van der Waals surface area contributed by atoms with Crippen LogP contribution in [0, 0.1) is 11.6 Å².